The van der Waals surface area contributed by atoms with Crippen molar-refractivity contribution in [2.45, 2.75) is 6.92 Å². The van der Waals surface area contributed by atoms with Gasteiger partial charge < -0.3 is 0 Å². The summed E-state index contributed by atoms with van der Waals surface area (Å²) in [4.78, 5) is 28.2. The number of amides is 2. The van der Waals surface area contributed by atoms with Gasteiger partial charge in [-0.1, -0.05) is 13.0 Å². The van der Waals surface area contributed by atoms with Gasteiger partial charge in [0, 0.05) is 17.1 Å². The summed E-state index contributed by atoms with van der Waals surface area (Å²) < 4.78 is 25.0. The molecule has 7 nitrogen and oxygen atoms in total. The lowest BCUT2D eigenvalue weighted by Crippen LogP contribution is -2.30. The molecule has 1 aliphatic rings. The number of nitrogens with zero attached hydrogens (tertiary/aromatic N) is 2. The van der Waals surface area contributed by atoms with Crippen molar-refractivity contribution in [2.75, 3.05) is 15.4 Å². The largest absolute Gasteiger partial charge is 0.298 e. The van der Waals surface area contributed by atoms with E-state index in [0.717, 1.165) is 4.31 Å². The van der Waals surface area contributed by atoms with E-state index in [1.807, 2.05) is 0 Å². The third-order valence-electron chi connectivity index (χ3n) is 3.36. The maximum atomic E-state index is 12.2. The second-order valence-electron chi connectivity index (χ2n) is 5.12. The van der Waals surface area contributed by atoms with Gasteiger partial charge in [-0.15, -0.1) is 11.3 Å². The highest BCUT2D eigenvalue weighted by molar-refractivity contribution is 7.94. The molecule has 0 saturated carbocycles. The molecule has 1 fully saturated rings. The van der Waals surface area contributed by atoms with Crippen LogP contribution in [0.5, 0.6) is 0 Å². The maximum absolute atomic E-state index is 12.2. The van der Waals surface area contributed by atoms with Crippen molar-refractivity contribution in [3.05, 3.63) is 41.4 Å². The van der Waals surface area contributed by atoms with Gasteiger partial charge in [0.15, 0.2) is 5.13 Å². The smallest absolute Gasteiger partial charge is 0.257 e. The molecule has 2 heterocycles. The lowest BCUT2D eigenvalue weighted by atomic mass is 10.1. The van der Waals surface area contributed by atoms with E-state index in [1.54, 1.807) is 24.6 Å². The van der Waals surface area contributed by atoms with Crippen LogP contribution in [0.1, 0.15) is 17.3 Å². The first-order valence-corrected chi connectivity index (χ1v) is 9.25. The molecule has 1 N–H and O–H groups in total. The van der Waals surface area contributed by atoms with Crippen molar-refractivity contribution in [1.82, 2.24) is 4.98 Å². The highest BCUT2D eigenvalue weighted by Crippen LogP contribution is 2.29. The molecular weight excluding hydrogens is 338 g/mol. The van der Waals surface area contributed by atoms with Crippen LogP contribution < -0.4 is 9.62 Å². The van der Waals surface area contributed by atoms with Crippen molar-refractivity contribution < 1.29 is 18.0 Å². The van der Waals surface area contributed by atoms with Crippen molar-refractivity contribution in [3.8, 4) is 0 Å². The second-order valence-corrected chi connectivity index (χ2v) is 7.88. The van der Waals surface area contributed by atoms with Gasteiger partial charge in [0.05, 0.1) is 17.4 Å². The number of sulfonamides is 1. The molecule has 1 aromatic carbocycles. The van der Waals surface area contributed by atoms with Gasteiger partial charge in [0.1, 0.15) is 0 Å². The molecule has 2 amide bonds. The maximum Gasteiger partial charge on any atom is 0.257 e. The highest BCUT2D eigenvalue weighted by atomic mass is 32.2. The number of benzene rings is 1. The van der Waals surface area contributed by atoms with Crippen LogP contribution in [0.3, 0.4) is 0 Å². The summed E-state index contributed by atoms with van der Waals surface area (Å²) in [6.45, 7) is 1.57. The van der Waals surface area contributed by atoms with Crippen LogP contribution in [-0.4, -0.2) is 31.0 Å². The number of hydrogen-bond donors (Lipinski definition) is 1. The van der Waals surface area contributed by atoms with Crippen LogP contribution in [0.4, 0.5) is 10.8 Å². The Balaban J connectivity index is 1.91. The molecule has 2 aromatic rings. The average Bonchev–Trinajstić information content (AvgIpc) is 3.06. The number of nitrogens with one attached hydrogen (secondary N) is 1. The van der Waals surface area contributed by atoms with Crippen molar-refractivity contribution in [2.24, 2.45) is 5.92 Å². The molecule has 0 bridgehead atoms. The molecule has 0 aliphatic carbocycles. The van der Waals surface area contributed by atoms with Gasteiger partial charge in [-0.25, -0.2) is 17.7 Å². The second kappa shape index (κ2) is 5.74. The number of anilines is 2. The summed E-state index contributed by atoms with van der Waals surface area (Å²) in [5.74, 6) is -1.71. The quantitative estimate of drug-likeness (QED) is 0.908. The predicted molar refractivity (Wildman–Crippen MR) is 86.9 cm³/mol. The van der Waals surface area contributed by atoms with E-state index in [-0.39, 0.29) is 17.0 Å². The lowest BCUT2D eigenvalue weighted by Gasteiger charge is -2.16. The Morgan fingerprint density at radius 1 is 1.43 bits per heavy atom. The van der Waals surface area contributed by atoms with E-state index >= 15 is 0 Å². The Bertz CT molecular complexity index is 862. The molecule has 1 atom stereocenters. The van der Waals surface area contributed by atoms with E-state index < -0.39 is 27.8 Å². The highest BCUT2D eigenvalue weighted by Gasteiger charge is 2.42. The van der Waals surface area contributed by atoms with Crippen molar-refractivity contribution >= 4 is 44.0 Å². The summed E-state index contributed by atoms with van der Waals surface area (Å²) in [5, 5.41) is 4.78. The zero-order valence-corrected chi connectivity index (χ0v) is 13.7. The van der Waals surface area contributed by atoms with Gasteiger partial charge in [-0.3, -0.25) is 14.9 Å². The number of carbonyl (C=O) groups excluding carboxylic acids is 2. The van der Waals surface area contributed by atoms with E-state index in [2.05, 4.69) is 10.3 Å². The first kappa shape index (κ1) is 15.6. The molecule has 1 saturated heterocycles. The van der Waals surface area contributed by atoms with E-state index in [0.29, 0.717) is 5.13 Å². The Morgan fingerprint density at radius 3 is 2.83 bits per heavy atom. The number of aromatic nitrogens is 1. The molecule has 0 unspecified atom stereocenters. The minimum atomic E-state index is -3.69. The molecule has 120 valence electrons. The minimum Gasteiger partial charge on any atom is -0.298 e. The fourth-order valence-electron chi connectivity index (χ4n) is 2.31. The zero-order valence-electron chi connectivity index (χ0n) is 12.1. The molecule has 23 heavy (non-hydrogen) atoms. The number of rotatable bonds is 3. The minimum absolute atomic E-state index is 0.172. The van der Waals surface area contributed by atoms with Crippen LogP contribution in [0.2, 0.25) is 0 Å². The molecular formula is C14H13N3O4S2. The third kappa shape index (κ3) is 2.97. The standard InChI is InChI=1S/C14H13N3O4S2/c1-9-8-23(20,21)17(13(9)19)11-4-2-3-10(7-11)12(18)16-14-15-5-6-22-14/h2-7,9H,8H2,1H3,(H,15,16,18)/t9-/m0/s1. The average molecular weight is 351 g/mol. The summed E-state index contributed by atoms with van der Waals surface area (Å²) >= 11 is 1.27. The molecule has 9 heteroatoms. The van der Waals surface area contributed by atoms with Gasteiger partial charge >= 0.3 is 0 Å². The number of thiazole rings is 1. The first-order valence-electron chi connectivity index (χ1n) is 6.76. The van der Waals surface area contributed by atoms with Crippen molar-refractivity contribution in [3.63, 3.8) is 0 Å². The van der Waals surface area contributed by atoms with Crippen LogP contribution in [0.25, 0.3) is 0 Å². The molecule has 1 aliphatic heterocycles. The van der Waals surface area contributed by atoms with E-state index in [4.69, 9.17) is 0 Å². The third-order valence-corrected chi connectivity index (χ3v) is 5.91. The topological polar surface area (TPSA) is 96.4 Å². The molecule has 3 rings (SSSR count). The van der Waals surface area contributed by atoms with Crippen LogP contribution >= 0.6 is 11.3 Å². The normalized spacial score (nSPS) is 19.8. The van der Waals surface area contributed by atoms with Gasteiger partial charge in [-0.2, -0.15) is 0 Å². The fraction of sp³-hybridized carbons (Fsp3) is 0.214. The van der Waals surface area contributed by atoms with Crippen LogP contribution in [-0.2, 0) is 14.8 Å². The van der Waals surface area contributed by atoms with Crippen LogP contribution in [0.15, 0.2) is 35.8 Å². The lowest BCUT2D eigenvalue weighted by molar-refractivity contribution is -0.119. The Kier molecular flexibility index (Phi) is 3.90. The summed E-state index contributed by atoms with van der Waals surface area (Å²) in [6, 6.07) is 5.96. The van der Waals surface area contributed by atoms with Gasteiger partial charge in [0.25, 0.3) is 5.91 Å². The van der Waals surface area contributed by atoms with Gasteiger partial charge in [0.2, 0.25) is 15.9 Å². The Hall–Kier alpha value is -2.26. The van der Waals surface area contributed by atoms with Crippen molar-refractivity contribution in [1.29, 1.82) is 0 Å². The predicted octanol–water partition coefficient (Wildman–Crippen LogP) is 1.71. The summed E-state index contributed by atoms with van der Waals surface area (Å²) in [5.41, 5.74) is 0.423. The Labute approximate surface area is 137 Å². The fourth-order valence-corrected chi connectivity index (χ4v) is 4.65. The first-order chi connectivity index (χ1) is 10.9. The van der Waals surface area contributed by atoms with Crippen LogP contribution in [0, 0.1) is 5.92 Å². The summed E-state index contributed by atoms with van der Waals surface area (Å²) in [7, 11) is -3.69. The molecule has 0 radical (unpaired) electrons. The number of hydrogen-bond acceptors (Lipinski definition) is 6. The monoisotopic (exact) mass is 351 g/mol. The zero-order chi connectivity index (χ0) is 16.6. The van der Waals surface area contributed by atoms with Gasteiger partial charge in [-0.05, 0) is 18.2 Å². The van der Waals surface area contributed by atoms with E-state index in [1.165, 1.54) is 29.5 Å². The number of carbonyl (C=O) groups is 2. The molecule has 0 spiro atoms. The molecule has 1 aromatic heterocycles. The Morgan fingerprint density at radius 2 is 2.22 bits per heavy atom. The summed E-state index contributed by atoms with van der Waals surface area (Å²) in [6.07, 6.45) is 1.56. The van der Waals surface area contributed by atoms with E-state index in [9.17, 15) is 18.0 Å². The SMILES string of the molecule is C[C@H]1CS(=O)(=O)N(c2cccc(C(=O)Nc3nccs3)c2)C1=O.